The van der Waals surface area contributed by atoms with Gasteiger partial charge in [-0.1, -0.05) is 0 Å². The Morgan fingerprint density at radius 3 is 2.81 bits per heavy atom. The van der Waals surface area contributed by atoms with E-state index in [9.17, 15) is 14.5 Å². The van der Waals surface area contributed by atoms with Crippen LogP contribution in [0, 0.1) is 15.9 Å². The van der Waals surface area contributed by atoms with E-state index in [0.717, 1.165) is 6.07 Å². The average molecular weight is 292 g/mol. The Bertz CT molecular complexity index is 412. The first-order valence-corrected chi connectivity index (χ1v) is 5.34. The van der Waals surface area contributed by atoms with Crippen LogP contribution in [0.5, 0.6) is 0 Å². The third kappa shape index (κ3) is 3.14. The van der Waals surface area contributed by atoms with Crippen molar-refractivity contribution < 1.29 is 9.31 Å². The molecule has 88 valence electrons. The number of nitrogens with zero attached hydrogens (tertiary/aromatic N) is 1. The summed E-state index contributed by atoms with van der Waals surface area (Å²) in [7, 11) is 0. The number of hydrogen-bond acceptors (Lipinski definition) is 4. The van der Waals surface area contributed by atoms with E-state index < -0.39 is 10.7 Å². The van der Waals surface area contributed by atoms with Gasteiger partial charge >= 0.3 is 0 Å². The molecule has 0 spiro atoms. The first kappa shape index (κ1) is 12.9. The maximum Gasteiger partial charge on any atom is 0.295 e. The lowest BCUT2D eigenvalue weighted by molar-refractivity contribution is -0.384. The molecule has 1 atom stereocenters. The normalized spacial score (nSPS) is 12.2. The highest BCUT2D eigenvalue weighted by atomic mass is 79.9. The van der Waals surface area contributed by atoms with Crippen molar-refractivity contribution in [2.45, 2.75) is 13.0 Å². The minimum absolute atomic E-state index is 0.150. The molecule has 0 bridgehead atoms. The summed E-state index contributed by atoms with van der Waals surface area (Å²) in [6, 6.07) is 2.05. The summed E-state index contributed by atoms with van der Waals surface area (Å²) in [4.78, 5) is 10.0. The highest BCUT2D eigenvalue weighted by molar-refractivity contribution is 9.10. The number of rotatable bonds is 4. The molecule has 0 radical (unpaired) electrons. The summed E-state index contributed by atoms with van der Waals surface area (Å²) < 4.78 is 13.3. The van der Waals surface area contributed by atoms with E-state index in [0.29, 0.717) is 6.54 Å². The summed E-state index contributed by atoms with van der Waals surface area (Å²) in [6.07, 6.45) is 0. The van der Waals surface area contributed by atoms with Crippen LogP contribution in [-0.4, -0.2) is 17.5 Å². The van der Waals surface area contributed by atoms with E-state index in [1.807, 2.05) is 0 Å². The number of nitrogens with two attached hydrogens (primary N) is 1. The Labute approximate surface area is 100 Å². The lowest BCUT2D eigenvalue weighted by Crippen LogP contribution is -2.25. The Kier molecular flexibility index (Phi) is 4.19. The molecule has 3 N–H and O–H groups in total. The lowest BCUT2D eigenvalue weighted by Gasteiger charge is -2.10. The minimum Gasteiger partial charge on any atom is -0.378 e. The second-order valence-electron chi connectivity index (χ2n) is 3.40. The Morgan fingerprint density at radius 2 is 2.31 bits per heavy atom. The molecular formula is C9H11BrFN3O2. The van der Waals surface area contributed by atoms with Crippen molar-refractivity contribution in [3.63, 3.8) is 0 Å². The quantitative estimate of drug-likeness (QED) is 0.658. The van der Waals surface area contributed by atoms with Crippen LogP contribution in [0.3, 0.4) is 0 Å². The van der Waals surface area contributed by atoms with Crippen molar-refractivity contribution in [2.24, 2.45) is 5.73 Å². The van der Waals surface area contributed by atoms with E-state index in [1.165, 1.54) is 6.07 Å². The molecule has 1 aromatic rings. The predicted octanol–water partition coefficient (Wildman–Crippen LogP) is 2.26. The number of hydrogen-bond donors (Lipinski definition) is 2. The van der Waals surface area contributed by atoms with Gasteiger partial charge in [0.1, 0.15) is 11.5 Å². The van der Waals surface area contributed by atoms with Gasteiger partial charge in [-0.05, 0) is 28.9 Å². The third-order valence-electron chi connectivity index (χ3n) is 1.85. The summed E-state index contributed by atoms with van der Waals surface area (Å²) in [5.41, 5.74) is 5.46. The summed E-state index contributed by atoms with van der Waals surface area (Å²) in [6.45, 7) is 2.14. The molecule has 1 rings (SSSR count). The molecule has 0 saturated heterocycles. The number of halogens is 2. The lowest BCUT2D eigenvalue weighted by atomic mass is 10.2. The van der Waals surface area contributed by atoms with Crippen LogP contribution in [-0.2, 0) is 0 Å². The van der Waals surface area contributed by atoms with Crippen LogP contribution in [0.2, 0.25) is 0 Å². The Hall–Kier alpha value is -1.21. The molecule has 1 unspecified atom stereocenters. The summed E-state index contributed by atoms with van der Waals surface area (Å²) >= 11 is 2.97. The molecule has 0 aliphatic heterocycles. The highest BCUT2D eigenvalue weighted by Gasteiger charge is 2.17. The zero-order valence-corrected chi connectivity index (χ0v) is 10.1. The number of anilines is 1. The molecule has 0 heterocycles. The molecule has 0 amide bonds. The molecule has 0 saturated carbocycles. The standard InChI is InChI=1S/C9H11BrFN3O2/c1-5(12)4-13-8-2-6(10)7(11)3-9(8)14(15)16/h2-3,5,13H,4,12H2,1H3. The second-order valence-corrected chi connectivity index (χ2v) is 4.25. The fraction of sp³-hybridized carbons (Fsp3) is 0.333. The molecule has 0 aliphatic rings. The van der Waals surface area contributed by atoms with Gasteiger partial charge in [0.05, 0.1) is 15.5 Å². The van der Waals surface area contributed by atoms with Gasteiger partial charge in [0.25, 0.3) is 5.69 Å². The largest absolute Gasteiger partial charge is 0.378 e. The first-order valence-electron chi connectivity index (χ1n) is 4.54. The monoisotopic (exact) mass is 291 g/mol. The van der Waals surface area contributed by atoms with Crippen LogP contribution in [0.25, 0.3) is 0 Å². The van der Waals surface area contributed by atoms with Gasteiger partial charge in [-0.3, -0.25) is 10.1 Å². The maximum absolute atomic E-state index is 13.1. The average Bonchev–Trinajstić information content (AvgIpc) is 2.18. The molecule has 5 nitrogen and oxygen atoms in total. The zero-order chi connectivity index (χ0) is 12.3. The number of nitro groups is 1. The van der Waals surface area contributed by atoms with Crippen molar-refractivity contribution in [3.05, 3.63) is 32.5 Å². The highest BCUT2D eigenvalue weighted by Crippen LogP contribution is 2.30. The minimum atomic E-state index is -0.668. The van der Waals surface area contributed by atoms with Crippen LogP contribution in [0.1, 0.15) is 6.92 Å². The van der Waals surface area contributed by atoms with Crippen molar-refractivity contribution >= 4 is 27.3 Å². The van der Waals surface area contributed by atoms with E-state index >= 15 is 0 Å². The molecule has 7 heteroatoms. The van der Waals surface area contributed by atoms with Gasteiger partial charge < -0.3 is 11.1 Å². The third-order valence-corrected chi connectivity index (χ3v) is 2.46. The van der Waals surface area contributed by atoms with Crippen molar-refractivity contribution in [1.29, 1.82) is 0 Å². The van der Waals surface area contributed by atoms with Gasteiger partial charge in [0.15, 0.2) is 0 Å². The van der Waals surface area contributed by atoms with Crippen molar-refractivity contribution in [3.8, 4) is 0 Å². The SMILES string of the molecule is CC(N)CNc1cc(Br)c(F)cc1[N+](=O)[O-]. The number of nitro benzene ring substituents is 1. The fourth-order valence-corrected chi connectivity index (χ4v) is 1.44. The molecule has 0 fully saturated rings. The number of benzene rings is 1. The van der Waals surface area contributed by atoms with E-state index in [2.05, 4.69) is 21.2 Å². The smallest absolute Gasteiger partial charge is 0.295 e. The Morgan fingerprint density at radius 1 is 1.69 bits per heavy atom. The zero-order valence-electron chi connectivity index (χ0n) is 8.54. The Balaban J connectivity index is 3.05. The van der Waals surface area contributed by atoms with Crippen LogP contribution in [0.15, 0.2) is 16.6 Å². The van der Waals surface area contributed by atoms with Gasteiger partial charge in [0.2, 0.25) is 0 Å². The van der Waals surface area contributed by atoms with Crippen LogP contribution in [0.4, 0.5) is 15.8 Å². The first-order chi connectivity index (χ1) is 7.41. The van der Waals surface area contributed by atoms with Crippen LogP contribution < -0.4 is 11.1 Å². The second kappa shape index (κ2) is 5.22. The van der Waals surface area contributed by atoms with Gasteiger partial charge in [-0.25, -0.2) is 4.39 Å². The molecular weight excluding hydrogens is 281 g/mol. The van der Waals surface area contributed by atoms with Crippen LogP contribution >= 0.6 is 15.9 Å². The fourth-order valence-electron chi connectivity index (χ4n) is 1.10. The van der Waals surface area contributed by atoms with Gasteiger partial charge in [0, 0.05) is 12.6 Å². The molecule has 0 aromatic heterocycles. The molecule has 1 aromatic carbocycles. The number of nitrogens with one attached hydrogen (secondary N) is 1. The van der Waals surface area contributed by atoms with E-state index in [4.69, 9.17) is 5.73 Å². The molecule has 0 aliphatic carbocycles. The topological polar surface area (TPSA) is 81.2 Å². The van der Waals surface area contributed by atoms with Gasteiger partial charge in [-0.15, -0.1) is 0 Å². The van der Waals surface area contributed by atoms with E-state index in [1.54, 1.807) is 6.92 Å². The summed E-state index contributed by atoms with van der Waals surface area (Å²) in [5, 5.41) is 13.5. The van der Waals surface area contributed by atoms with Crippen molar-refractivity contribution in [2.75, 3.05) is 11.9 Å². The van der Waals surface area contributed by atoms with Gasteiger partial charge in [-0.2, -0.15) is 0 Å². The van der Waals surface area contributed by atoms with Crippen molar-refractivity contribution in [1.82, 2.24) is 0 Å². The summed E-state index contributed by atoms with van der Waals surface area (Å²) in [5.74, 6) is -0.668. The van der Waals surface area contributed by atoms with E-state index in [-0.39, 0.29) is 21.9 Å². The maximum atomic E-state index is 13.1. The predicted molar refractivity (Wildman–Crippen MR) is 62.9 cm³/mol. The molecule has 16 heavy (non-hydrogen) atoms.